The fourth-order valence-electron chi connectivity index (χ4n) is 5.95. The second kappa shape index (κ2) is 21.0. The first-order valence-corrected chi connectivity index (χ1v) is 22.4. The lowest BCUT2D eigenvalue weighted by molar-refractivity contribution is -0.137. The molecule has 0 aliphatic carbocycles. The van der Waals surface area contributed by atoms with Crippen molar-refractivity contribution in [2.45, 2.75) is 22.6 Å². The second-order valence-corrected chi connectivity index (χ2v) is 16.9. The maximum absolute atomic E-state index is 12.7. The van der Waals surface area contributed by atoms with Crippen molar-refractivity contribution >= 4 is 90.7 Å². The molecular weight excluding hydrogens is 937 g/mol. The fraction of sp³-hybridized carbons (Fsp3) is 0.100. The van der Waals surface area contributed by atoms with Gasteiger partial charge in [-0.3, -0.25) is 29.5 Å². The van der Waals surface area contributed by atoms with Gasteiger partial charge in [-0.2, -0.15) is 16.8 Å². The fourth-order valence-corrected chi connectivity index (χ4v) is 7.37. The Hall–Kier alpha value is -8.86. The van der Waals surface area contributed by atoms with Gasteiger partial charge in [-0.15, -0.1) is 20.7 Å². The van der Waals surface area contributed by atoms with Crippen LogP contribution in [0.25, 0.3) is 12.2 Å². The third-order valence-corrected chi connectivity index (χ3v) is 10.9. The topological polar surface area (TPSA) is 385 Å². The number of hydrogen-bond acceptors (Lipinski definition) is 20. The Morgan fingerprint density at radius 2 is 0.897 bits per heavy atom. The van der Waals surface area contributed by atoms with E-state index in [1.807, 2.05) is 0 Å². The molecule has 0 spiro atoms. The molecular formula is C40H40N12O14S2. The van der Waals surface area contributed by atoms with Crippen molar-refractivity contribution in [1.82, 2.24) is 31.9 Å². The predicted octanol–water partition coefficient (Wildman–Crippen LogP) is 2.70. The van der Waals surface area contributed by atoms with Gasteiger partial charge >= 0.3 is 23.9 Å². The summed E-state index contributed by atoms with van der Waals surface area (Å²) < 4.78 is 71.3. The molecule has 26 nitrogen and oxygen atoms in total. The van der Waals surface area contributed by atoms with Gasteiger partial charge in [0.25, 0.3) is 20.2 Å². The van der Waals surface area contributed by atoms with Gasteiger partial charge in [0.2, 0.25) is 0 Å². The molecule has 2 aliphatic rings. The van der Waals surface area contributed by atoms with E-state index >= 15 is 0 Å². The molecule has 0 aromatic heterocycles. The van der Waals surface area contributed by atoms with Gasteiger partial charge in [0.1, 0.15) is 21.4 Å². The lowest BCUT2D eigenvalue weighted by Crippen LogP contribution is -2.45. The molecule has 4 aromatic carbocycles. The number of hydrazone groups is 2. The number of amidine groups is 2. The maximum atomic E-state index is 12.7. The van der Waals surface area contributed by atoms with E-state index < -0.39 is 53.9 Å². The summed E-state index contributed by atoms with van der Waals surface area (Å²) in [7, 11) is -9.94. The number of carboxylic acid groups (broad SMARTS) is 4. The number of rotatable bonds is 20. The number of aliphatic carboxylic acids is 2. The minimum Gasteiger partial charge on any atom is -0.481 e. The number of hydrazine groups is 4. The SMILES string of the molecule is O=C(O)CCNC1=NN(Nc2ccc(C=Cc3ccc(NN4N=C(NCCC(=O)O)C=C(Nc5ccc(C(=O)O)cc5)N4)cc3S(=O)(=O)O)c(S(=O)(=O)O)c2)NC(Nc2ccc(C(=O)O)cc2)=C1. The largest absolute Gasteiger partial charge is 0.481 e. The van der Waals surface area contributed by atoms with Crippen LogP contribution in [0.5, 0.6) is 0 Å². The van der Waals surface area contributed by atoms with Gasteiger partial charge in [0, 0.05) is 36.6 Å². The molecule has 0 fully saturated rings. The van der Waals surface area contributed by atoms with E-state index in [1.165, 1.54) is 97.1 Å². The van der Waals surface area contributed by atoms with Crippen LogP contribution in [-0.2, 0) is 29.8 Å². The van der Waals surface area contributed by atoms with E-state index in [2.05, 4.69) is 53.2 Å². The van der Waals surface area contributed by atoms with Gasteiger partial charge in [-0.25, -0.2) is 20.4 Å². The first-order chi connectivity index (χ1) is 32.2. The minimum absolute atomic E-state index is 0.0301. The summed E-state index contributed by atoms with van der Waals surface area (Å²) in [4.78, 5) is 43.5. The Bertz CT molecular complexity index is 2800. The number of anilines is 4. The Morgan fingerprint density at radius 1 is 0.544 bits per heavy atom. The zero-order valence-electron chi connectivity index (χ0n) is 34.8. The van der Waals surface area contributed by atoms with Crippen molar-refractivity contribution in [2.75, 3.05) is 34.6 Å². The van der Waals surface area contributed by atoms with Crippen molar-refractivity contribution in [3.05, 3.63) is 131 Å². The zero-order chi connectivity index (χ0) is 49.2. The van der Waals surface area contributed by atoms with Crippen LogP contribution in [-0.4, -0.2) is 105 Å². The van der Waals surface area contributed by atoms with E-state index in [4.69, 9.17) is 10.2 Å². The van der Waals surface area contributed by atoms with Crippen molar-refractivity contribution in [3.63, 3.8) is 0 Å². The van der Waals surface area contributed by atoms with Crippen LogP contribution >= 0.6 is 0 Å². The normalized spacial score (nSPS) is 13.7. The van der Waals surface area contributed by atoms with E-state index in [-0.39, 0.29) is 82.9 Å². The summed E-state index contributed by atoms with van der Waals surface area (Å²) in [5, 5.41) is 59.0. The molecule has 4 aromatic rings. The van der Waals surface area contributed by atoms with Crippen LogP contribution in [0, 0.1) is 0 Å². The van der Waals surface area contributed by atoms with Crippen molar-refractivity contribution in [3.8, 4) is 0 Å². The van der Waals surface area contributed by atoms with Crippen molar-refractivity contribution < 1.29 is 65.5 Å². The van der Waals surface area contributed by atoms with Crippen molar-refractivity contribution in [1.29, 1.82) is 0 Å². The van der Waals surface area contributed by atoms with Crippen LogP contribution in [0.4, 0.5) is 22.7 Å². The molecule has 6 rings (SSSR count). The number of hydrogen-bond donors (Lipinski definition) is 14. The molecule has 356 valence electrons. The highest BCUT2D eigenvalue weighted by Gasteiger charge is 2.21. The highest BCUT2D eigenvalue weighted by Crippen LogP contribution is 2.27. The van der Waals surface area contributed by atoms with Crippen molar-refractivity contribution in [2.24, 2.45) is 10.2 Å². The highest BCUT2D eigenvalue weighted by atomic mass is 32.2. The van der Waals surface area contributed by atoms with Gasteiger partial charge < -0.3 is 41.7 Å². The molecule has 0 unspecified atom stereocenters. The lowest BCUT2D eigenvalue weighted by atomic mass is 10.1. The molecule has 0 saturated carbocycles. The predicted molar refractivity (Wildman–Crippen MR) is 244 cm³/mol. The molecule has 2 heterocycles. The molecule has 0 amide bonds. The average molecular weight is 977 g/mol. The Kier molecular flexibility index (Phi) is 15.0. The Balaban J connectivity index is 1.21. The number of carbonyl (C=O) groups is 4. The van der Waals surface area contributed by atoms with Crippen LogP contribution in [0.2, 0.25) is 0 Å². The summed E-state index contributed by atoms with van der Waals surface area (Å²) in [6.45, 7) is -0.0601. The standard InChI is InChI=1S/C40H40N12O14S2/c53-37(54)15-17-41-33-21-35(43-27-9-5-25(6-10-27)39(57)58)49-51(47-33)45-29-13-3-23(31(19-29)67(61,62)63)1-2-24-4-14-30(20-32(24)68(64,65)66)46-52-48-34(42-18-16-38(55)56)22-36(50-52)44-28-11-7-26(8-12-28)40(59)60/h1-14,19-22,43-46,49-50H,15-18H2,(H,41,47)(H,42,48)(H,53,54)(H,55,56)(H,57,58)(H,59,60)(H,61,62,63)(H,64,65,66). The average Bonchev–Trinajstić information content (AvgIpc) is 3.25. The van der Waals surface area contributed by atoms with Gasteiger partial charge in [0.15, 0.2) is 11.7 Å². The Labute approximate surface area is 385 Å². The van der Waals surface area contributed by atoms with E-state index in [9.17, 15) is 55.3 Å². The van der Waals surface area contributed by atoms with Crippen LogP contribution in [0.3, 0.4) is 0 Å². The smallest absolute Gasteiger partial charge is 0.335 e. The number of carboxylic acids is 4. The molecule has 68 heavy (non-hydrogen) atoms. The van der Waals surface area contributed by atoms with Gasteiger partial charge in [-0.1, -0.05) is 24.3 Å². The third-order valence-electron chi connectivity index (χ3n) is 9.04. The molecule has 14 N–H and O–H groups in total. The first-order valence-electron chi connectivity index (χ1n) is 19.5. The molecule has 0 bridgehead atoms. The summed E-state index contributed by atoms with van der Waals surface area (Å²) in [5.41, 5.74) is 12.1. The molecule has 0 saturated heterocycles. The molecule has 0 radical (unpaired) electrons. The van der Waals surface area contributed by atoms with Crippen LogP contribution in [0.1, 0.15) is 44.7 Å². The lowest BCUT2D eigenvalue weighted by Gasteiger charge is -2.29. The third kappa shape index (κ3) is 13.8. The van der Waals surface area contributed by atoms with Crippen LogP contribution < -0.4 is 43.0 Å². The highest BCUT2D eigenvalue weighted by molar-refractivity contribution is 7.86. The number of benzene rings is 4. The summed E-state index contributed by atoms with van der Waals surface area (Å²) in [6.07, 6.45) is 4.77. The first kappa shape index (κ1) is 48.6. The molecule has 2 aliphatic heterocycles. The summed E-state index contributed by atoms with van der Waals surface area (Å²) in [5.74, 6) is -3.65. The second-order valence-electron chi connectivity index (χ2n) is 14.1. The summed E-state index contributed by atoms with van der Waals surface area (Å²) >= 11 is 0. The monoisotopic (exact) mass is 976 g/mol. The van der Waals surface area contributed by atoms with E-state index in [0.29, 0.717) is 11.4 Å². The van der Waals surface area contributed by atoms with E-state index in [0.717, 1.165) is 22.6 Å². The number of aromatic carboxylic acids is 2. The number of nitrogens with one attached hydrogen (secondary N) is 8. The zero-order valence-corrected chi connectivity index (χ0v) is 36.4. The number of nitrogens with zero attached hydrogens (tertiary/aromatic N) is 4. The minimum atomic E-state index is -4.97. The quantitative estimate of drug-likeness (QED) is 0.0447. The Morgan fingerprint density at radius 3 is 1.22 bits per heavy atom. The van der Waals surface area contributed by atoms with Gasteiger partial charge in [-0.05, 0) is 83.9 Å². The molecule has 28 heteroatoms. The molecule has 0 atom stereocenters. The van der Waals surface area contributed by atoms with Gasteiger partial charge in [0.05, 0.1) is 35.3 Å². The maximum Gasteiger partial charge on any atom is 0.335 e. The van der Waals surface area contributed by atoms with Crippen LogP contribution in [0.15, 0.2) is 129 Å². The summed E-state index contributed by atoms with van der Waals surface area (Å²) in [6, 6.07) is 18.8. The van der Waals surface area contributed by atoms with E-state index in [1.54, 1.807) is 0 Å².